The molecule has 1 saturated heterocycles. The van der Waals surface area contributed by atoms with Gasteiger partial charge in [0.05, 0.1) is 5.92 Å². The first-order valence-corrected chi connectivity index (χ1v) is 7.88. The van der Waals surface area contributed by atoms with Crippen LogP contribution in [0.15, 0.2) is 30.3 Å². The first-order chi connectivity index (χ1) is 9.83. The van der Waals surface area contributed by atoms with Gasteiger partial charge in [-0.1, -0.05) is 30.3 Å². The van der Waals surface area contributed by atoms with E-state index in [4.69, 9.17) is 0 Å². The van der Waals surface area contributed by atoms with E-state index in [0.29, 0.717) is 12.0 Å². The fourth-order valence-corrected chi connectivity index (χ4v) is 3.08. The lowest BCUT2D eigenvalue weighted by atomic mass is 9.96. The van der Waals surface area contributed by atoms with Gasteiger partial charge < -0.3 is 10.6 Å². The zero-order valence-electron chi connectivity index (χ0n) is 12.0. The second-order valence-corrected chi connectivity index (χ2v) is 6.19. The number of rotatable bonds is 5. The Bertz CT molecular complexity index is 436. The molecule has 1 aromatic carbocycles. The SMILES string of the molecule is O=C(NC(Cc1ccccc1)C1CC1)C1CCCNC1. The van der Waals surface area contributed by atoms with Crippen LogP contribution in [0.4, 0.5) is 0 Å². The van der Waals surface area contributed by atoms with Gasteiger partial charge in [0, 0.05) is 12.6 Å². The molecule has 0 bridgehead atoms. The molecule has 0 radical (unpaired) electrons. The number of hydrogen-bond donors (Lipinski definition) is 2. The van der Waals surface area contributed by atoms with Crippen LogP contribution in [0.25, 0.3) is 0 Å². The molecule has 1 amide bonds. The Morgan fingerprint density at radius 3 is 2.70 bits per heavy atom. The van der Waals surface area contributed by atoms with Crippen molar-refractivity contribution in [2.75, 3.05) is 13.1 Å². The van der Waals surface area contributed by atoms with Gasteiger partial charge >= 0.3 is 0 Å². The normalized spacial score (nSPS) is 24.1. The minimum atomic E-state index is 0.167. The monoisotopic (exact) mass is 272 g/mol. The summed E-state index contributed by atoms with van der Waals surface area (Å²) in [6.07, 6.45) is 5.64. The van der Waals surface area contributed by atoms with E-state index in [1.54, 1.807) is 0 Å². The van der Waals surface area contributed by atoms with E-state index in [-0.39, 0.29) is 11.8 Å². The number of benzene rings is 1. The second-order valence-electron chi connectivity index (χ2n) is 6.19. The zero-order valence-corrected chi connectivity index (χ0v) is 12.0. The Kier molecular flexibility index (Phi) is 4.36. The van der Waals surface area contributed by atoms with Gasteiger partial charge in [0.15, 0.2) is 0 Å². The predicted molar refractivity (Wildman–Crippen MR) is 80.4 cm³/mol. The van der Waals surface area contributed by atoms with E-state index in [0.717, 1.165) is 32.4 Å². The zero-order chi connectivity index (χ0) is 13.8. The molecule has 1 heterocycles. The molecule has 2 N–H and O–H groups in total. The molecule has 1 aromatic rings. The lowest BCUT2D eigenvalue weighted by Crippen LogP contribution is -2.46. The van der Waals surface area contributed by atoms with E-state index in [1.165, 1.54) is 18.4 Å². The van der Waals surface area contributed by atoms with Crippen molar-refractivity contribution >= 4 is 5.91 Å². The molecule has 1 aliphatic heterocycles. The van der Waals surface area contributed by atoms with E-state index in [1.807, 2.05) is 6.07 Å². The van der Waals surface area contributed by atoms with Gasteiger partial charge in [0.2, 0.25) is 5.91 Å². The molecule has 3 rings (SSSR count). The highest BCUT2D eigenvalue weighted by Crippen LogP contribution is 2.34. The summed E-state index contributed by atoms with van der Waals surface area (Å²) in [6.45, 7) is 1.90. The minimum absolute atomic E-state index is 0.167. The van der Waals surface area contributed by atoms with Crippen LogP contribution >= 0.6 is 0 Å². The minimum Gasteiger partial charge on any atom is -0.352 e. The summed E-state index contributed by atoms with van der Waals surface area (Å²) in [4.78, 5) is 12.4. The molecule has 20 heavy (non-hydrogen) atoms. The maximum Gasteiger partial charge on any atom is 0.224 e. The Morgan fingerprint density at radius 1 is 1.25 bits per heavy atom. The Morgan fingerprint density at radius 2 is 2.05 bits per heavy atom. The molecular formula is C17H24N2O. The van der Waals surface area contributed by atoms with Crippen molar-refractivity contribution in [1.29, 1.82) is 0 Å². The van der Waals surface area contributed by atoms with Crippen molar-refractivity contribution < 1.29 is 4.79 Å². The molecule has 1 aliphatic carbocycles. The standard InChI is InChI=1S/C17H24N2O/c20-17(15-7-4-10-18-12-15)19-16(14-8-9-14)11-13-5-2-1-3-6-13/h1-3,5-6,14-16,18H,4,7-12H2,(H,19,20). The van der Waals surface area contributed by atoms with Crippen molar-refractivity contribution in [2.45, 2.75) is 38.1 Å². The molecule has 0 spiro atoms. The highest BCUT2D eigenvalue weighted by molar-refractivity contribution is 5.79. The molecule has 2 atom stereocenters. The van der Waals surface area contributed by atoms with Crippen molar-refractivity contribution in [3.63, 3.8) is 0 Å². The van der Waals surface area contributed by atoms with Crippen LogP contribution in [0.5, 0.6) is 0 Å². The van der Waals surface area contributed by atoms with E-state index in [9.17, 15) is 4.79 Å². The summed E-state index contributed by atoms with van der Waals surface area (Å²) >= 11 is 0. The van der Waals surface area contributed by atoms with Crippen molar-refractivity contribution in [3.8, 4) is 0 Å². The molecule has 2 aliphatic rings. The molecule has 3 nitrogen and oxygen atoms in total. The van der Waals surface area contributed by atoms with Gasteiger partial charge in [-0.15, -0.1) is 0 Å². The number of piperidine rings is 1. The van der Waals surface area contributed by atoms with Gasteiger partial charge in [-0.25, -0.2) is 0 Å². The van der Waals surface area contributed by atoms with Gasteiger partial charge in [0.25, 0.3) is 0 Å². The number of carbonyl (C=O) groups excluding carboxylic acids is 1. The average Bonchev–Trinajstić information content (AvgIpc) is 3.33. The molecule has 2 unspecified atom stereocenters. The number of hydrogen-bond acceptors (Lipinski definition) is 2. The first kappa shape index (κ1) is 13.6. The number of amides is 1. The third-order valence-electron chi connectivity index (χ3n) is 4.48. The van der Waals surface area contributed by atoms with Gasteiger partial charge in [-0.05, 0) is 50.1 Å². The average molecular weight is 272 g/mol. The van der Waals surface area contributed by atoms with Crippen molar-refractivity contribution in [2.24, 2.45) is 11.8 Å². The van der Waals surface area contributed by atoms with Crippen LogP contribution in [0, 0.1) is 11.8 Å². The van der Waals surface area contributed by atoms with E-state index < -0.39 is 0 Å². The summed E-state index contributed by atoms with van der Waals surface area (Å²) in [5, 5.41) is 6.64. The predicted octanol–water partition coefficient (Wildman–Crippen LogP) is 2.12. The summed E-state index contributed by atoms with van der Waals surface area (Å²) in [7, 11) is 0. The van der Waals surface area contributed by atoms with Gasteiger partial charge in [-0.2, -0.15) is 0 Å². The highest BCUT2D eigenvalue weighted by Gasteiger charge is 2.33. The quantitative estimate of drug-likeness (QED) is 0.862. The Balaban J connectivity index is 1.58. The molecular weight excluding hydrogens is 248 g/mol. The van der Waals surface area contributed by atoms with E-state index >= 15 is 0 Å². The molecule has 3 heteroatoms. The Labute approximate surface area is 121 Å². The maximum atomic E-state index is 12.4. The third kappa shape index (κ3) is 3.60. The topological polar surface area (TPSA) is 41.1 Å². The van der Waals surface area contributed by atoms with E-state index in [2.05, 4.69) is 34.9 Å². The van der Waals surface area contributed by atoms with Crippen molar-refractivity contribution in [3.05, 3.63) is 35.9 Å². The lowest BCUT2D eigenvalue weighted by molar-refractivity contribution is -0.126. The maximum absolute atomic E-state index is 12.4. The number of carbonyl (C=O) groups is 1. The highest BCUT2D eigenvalue weighted by atomic mass is 16.2. The lowest BCUT2D eigenvalue weighted by Gasteiger charge is -2.25. The molecule has 1 saturated carbocycles. The summed E-state index contributed by atoms with van der Waals surface area (Å²) < 4.78 is 0. The first-order valence-electron chi connectivity index (χ1n) is 7.88. The Hall–Kier alpha value is -1.35. The molecule has 108 valence electrons. The van der Waals surface area contributed by atoms with Crippen LogP contribution in [0.1, 0.15) is 31.2 Å². The fourth-order valence-electron chi connectivity index (χ4n) is 3.08. The van der Waals surface area contributed by atoms with Gasteiger partial charge in [0.1, 0.15) is 0 Å². The van der Waals surface area contributed by atoms with Gasteiger partial charge in [-0.3, -0.25) is 4.79 Å². The van der Waals surface area contributed by atoms with Crippen LogP contribution in [0.3, 0.4) is 0 Å². The summed E-state index contributed by atoms with van der Waals surface area (Å²) in [5.41, 5.74) is 1.33. The second kappa shape index (κ2) is 6.40. The van der Waals surface area contributed by atoms with Crippen LogP contribution < -0.4 is 10.6 Å². The van der Waals surface area contributed by atoms with Crippen LogP contribution in [0.2, 0.25) is 0 Å². The fraction of sp³-hybridized carbons (Fsp3) is 0.588. The van der Waals surface area contributed by atoms with Crippen LogP contribution in [-0.2, 0) is 11.2 Å². The smallest absolute Gasteiger partial charge is 0.224 e. The van der Waals surface area contributed by atoms with Crippen molar-refractivity contribution in [1.82, 2.24) is 10.6 Å². The number of nitrogens with one attached hydrogen (secondary N) is 2. The molecule has 0 aromatic heterocycles. The van der Waals surface area contributed by atoms with Crippen LogP contribution in [-0.4, -0.2) is 25.0 Å². The summed E-state index contributed by atoms with van der Waals surface area (Å²) in [5.74, 6) is 1.11. The summed E-state index contributed by atoms with van der Waals surface area (Å²) in [6, 6.07) is 10.8. The molecule has 2 fully saturated rings. The largest absolute Gasteiger partial charge is 0.352 e. The third-order valence-corrected chi connectivity index (χ3v) is 4.48.